The molecule has 4 rings (SSSR count). The van der Waals surface area contributed by atoms with Crippen LogP contribution in [0.3, 0.4) is 0 Å². The van der Waals surface area contributed by atoms with Gasteiger partial charge in [0.05, 0.1) is 22.9 Å². The second-order valence-corrected chi connectivity index (χ2v) is 13.2. The van der Waals surface area contributed by atoms with Crippen LogP contribution in [0.25, 0.3) is 10.8 Å². The van der Waals surface area contributed by atoms with E-state index in [1.54, 1.807) is 12.1 Å². The topological polar surface area (TPSA) is 226 Å². The number of sulfone groups is 1. The van der Waals surface area contributed by atoms with Crippen molar-refractivity contribution in [2.45, 2.75) is 9.79 Å². The van der Waals surface area contributed by atoms with Crippen LogP contribution in [0.5, 0.6) is 5.75 Å². The van der Waals surface area contributed by atoms with Crippen molar-refractivity contribution in [3.05, 3.63) is 84.4 Å². The summed E-state index contributed by atoms with van der Waals surface area (Å²) in [5, 5.41) is 21.2. The van der Waals surface area contributed by atoms with Gasteiger partial charge in [-0.15, -0.1) is 5.11 Å². The summed E-state index contributed by atoms with van der Waals surface area (Å²) in [6.07, 6.45) is 0. The first-order valence-corrected chi connectivity index (χ1v) is 16.1. The van der Waals surface area contributed by atoms with Crippen LogP contribution in [0.1, 0.15) is 10.4 Å². The molecule has 43 heavy (non-hydrogen) atoms. The van der Waals surface area contributed by atoms with E-state index in [9.17, 15) is 39.7 Å². The maximum atomic E-state index is 12.7. The van der Waals surface area contributed by atoms with Crippen molar-refractivity contribution in [1.29, 1.82) is 0 Å². The van der Waals surface area contributed by atoms with E-state index in [1.165, 1.54) is 60.7 Å². The van der Waals surface area contributed by atoms with E-state index < -0.39 is 53.5 Å². The Bertz CT molecular complexity index is 2030. The van der Waals surface area contributed by atoms with Gasteiger partial charge in [0.25, 0.3) is 16.0 Å². The Balaban J connectivity index is 0.00000506. The first-order valence-electron chi connectivity index (χ1n) is 11.6. The summed E-state index contributed by atoms with van der Waals surface area (Å²) in [4.78, 5) is 12.0. The molecule has 4 aromatic carbocycles. The molecule has 0 aliphatic heterocycles. The Kier molecular flexibility index (Phi) is 10.8. The molecule has 0 atom stereocenters. The summed E-state index contributed by atoms with van der Waals surface area (Å²) in [5.41, 5.74) is 0.295. The SMILES string of the molecule is O=C(Nc1cccc(S(=O)(=O)CCOS(=O)(=O)O)c1)c1ccc(N=Nc2cc(S(=O)(=O)O)c3ccccc3c2O)cc1.[Na+]. The number of nitrogens with zero attached hydrogens (tertiary/aromatic N) is 2. The van der Waals surface area contributed by atoms with E-state index in [0.717, 1.165) is 6.07 Å². The van der Waals surface area contributed by atoms with Crippen molar-refractivity contribution in [3.63, 3.8) is 0 Å². The van der Waals surface area contributed by atoms with E-state index in [4.69, 9.17) is 4.55 Å². The predicted molar refractivity (Wildman–Crippen MR) is 150 cm³/mol. The van der Waals surface area contributed by atoms with Crippen molar-refractivity contribution in [2.75, 3.05) is 17.7 Å². The quantitative estimate of drug-likeness (QED) is 0.107. The van der Waals surface area contributed by atoms with Crippen LogP contribution in [-0.2, 0) is 34.5 Å². The number of rotatable bonds is 10. The molecule has 14 nitrogen and oxygen atoms in total. The largest absolute Gasteiger partial charge is 1.00 e. The van der Waals surface area contributed by atoms with Gasteiger partial charge in [-0.3, -0.25) is 13.9 Å². The molecule has 0 heterocycles. The average molecular weight is 659 g/mol. The molecule has 0 radical (unpaired) electrons. The van der Waals surface area contributed by atoms with E-state index in [-0.39, 0.29) is 73.6 Å². The number of amides is 1. The molecular formula is C25H21N3NaO11S3+. The van der Waals surface area contributed by atoms with Crippen molar-refractivity contribution in [2.24, 2.45) is 10.2 Å². The van der Waals surface area contributed by atoms with E-state index in [1.807, 2.05) is 0 Å². The average Bonchev–Trinajstić information content (AvgIpc) is 2.92. The van der Waals surface area contributed by atoms with Crippen LogP contribution in [0.4, 0.5) is 17.1 Å². The molecule has 0 bridgehead atoms. The Hall–Kier alpha value is -3.26. The van der Waals surface area contributed by atoms with E-state index in [2.05, 4.69) is 19.7 Å². The number of benzene rings is 4. The summed E-state index contributed by atoms with van der Waals surface area (Å²) in [6, 6.07) is 17.8. The number of aromatic hydroxyl groups is 1. The second kappa shape index (κ2) is 13.6. The number of anilines is 1. The van der Waals surface area contributed by atoms with Crippen LogP contribution in [-0.4, -0.2) is 57.7 Å². The minimum Gasteiger partial charge on any atom is -0.505 e. The number of azo groups is 1. The van der Waals surface area contributed by atoms with Crippen molar-refractivity contribution >= 4 is 64.1 Å². The minimum absolute atomic E-state index is 0. The van der Waals surface area contributed by atoms with Gasteiger partial charge < -0.3 is 10.4 Å². The third-order valence-electron chi connectivity index (χ3n) is 5.67. The van der Waals surface area contributed by atoms with Crippen molar-refractivity contribution in [3.8, 4) is 5.75 Å². The van der Waals surface area contributed by atoms with E-state index >= 15 is 0 Å². The fraction of sp³-hybridized carbons (Fsp3) is 0.0800. The molecule has 0 aliphatic rings. The Morgan fingerprint density at radius 3 is 2.09 bits per heavy atom. The van der Waals surface area contributed by atoms with Gasteiger partial charge in [-0.05, 0) is 48.5 Å². The number of hydrogen-bond acceptors (Lipinski definition) is 11. The van der Waals surface area contributed by atoms with Gasteiger partial charge in [0.1, 0.15) is 10.6 Å². The number of hydrogen-bond donors (Lipinski definition) is 4. The van der Waals surface area contributed by atoms with Gasteiger partial charge in [-0.1, -0.05) is 30.3 Å². The first kappa shape index (κ1) is 34.2. The predicted octanol–water partition coefficient (Wildman–Crippen LogP) is 1.06. The standard InChI is InChI=1S/C25H21N3O11S3.Na/c29-24-21-7-2-1-6-20(21)23(41(33,34)35)15-22(24)28-27-17-10-8-16(9-11-17)25(30)26-18-4-3-5-19(14-18)40(31,32)13-12-39-42(36,37)38;/h1-11,14-15,29H,12-13H2,(H,26,30)(H,33,34,35)(H,36,37,38);/q;+1. The van der Waals surface area contributed by atoms with Crippen LogP contribution >= 0.6 is 0 Å². The number of carbonyl (C=O) groups is 1. The molecule has 0 aliphatic carbocycles. The zero-order valence-electron chi connectivity index (χ0n) is 22.1. The van der Waals surface area contributed by atoms with Crippen molar-refractivity contribution in [1.82, 2.24) is 0 Å². The summed E-state index contributed by atoms with van der Waals surface area (Å²) >= 11 is 0. The fourth-order valence-electron chi connectivity index (χ4n) is 3.73. The van der Waals surface area contributed by atoms with Crippen LogP contribution in [0.2, 0.25) is 0 Å². The summed E-state index contributed by atoms with van der Waals surface area (Å²) in [6.45, 7) is -0.802. The smallest absolute Gasteiger partial charge is 0.505 e. The molecule has 4 N–H and O–H groups in total. The van der Waals surface area contributed by atoms with Gasteiger partial charge in [0.2, 0.25) is 0 Å². The molecule has 4 aromatic rings. The zero-order valence-corrected chi connectivity index (χ0v) is 26.6. The maximum Gasteiger partial charge on any atom is 1.00 e. The first-order chi connectivity index (χ1) is 19.6. The van der Waals surface area contributed by atoms with Gasteiger partial charge in [0.15, 0.2) is 15.6 Å². The monoisotopic (exact) mass is 658 g/mol. The molecule has 220 valence electrons. The molecule has 0 aromatic heterocycles. The zero-order chi connectivity index (χ0) is 30.7. The van der Waals surface area contributed by atoms with Crippen LogP contribution < -0.4 is 34.9 Å². The number of fused-ring (bicyclic) bond motifs is 1. The van der Waals surface area contributed by atoms with E-state index in [0.29, 0.717) is 0 Å². The number of phenolic OH excluding ortho intramolecular Hbond substituents is 1. The van der Waals surface area contributed by atoms with Crippen molar-refractivity contribution < 1.29 is 78.0 Å². The summed E-state index contributed by atoms with van der Waals surface area (Å²) < 4.78 is 92.1. The molecule has 0 saturated heterocycles. The molecule has 0 spiro atoms. The Morgan fingerprint density at radius 1 is 0.814 bits per heavy atom. The summed E-state index contributed by atoms with van der Waals surface area (Å²) in [5.74, 6) is -1.70. The fourth-order valence-corrected chi connectivity index (χ4v) is 5.98. The maximum absolute atomic E-state index is 12.7. The third kappa shape index (κ3) is 8.88. The number of carbonyl (C=O) groups excluding carboxylic acids is 1. The van der Waals surface area contributed by atoms with Gasteiger partial charge in [-0.2, -0.15) is 21.9 Å². The molecule has 1 amide bonds. The normalized spacial score (nSPS) is 12.2. The molecule has 0 unspecified atom stereocenters. The molecule has 0 fully saturated rings. The molecular weight excluding hydrogens is 637 g/mol. The third-order valence-corrected chi connectivity index (χ3v) is 8.71. The number of phenols is 1. The van der Waals surface area contributed by atoms with Gasteiger partial charge in [-0.25, -0.2) is 12.6 Å². The Morgan fingerprint density at radius 2 is 1.47 bits per heavy atom. The van der Waals surface area contributed by atoms with Gasteiger partial charge in [0, 0.05) is 22.0 Å². The van der Waals surface area contributed by atoms with Crippen LogP contribution in [0.15, 0.2) is 98.9 Å². The second-order valence-electron chi connectivity index (χ2n) is 8.56. The minimum atomic E-state index is -4.80. The van der Waals surface area contributed by atoms with Crippen LogP contribution in [0, 0.1) is 0 Å². The molecule has 18 heteroatoms. The Labute approximate surface area is 268 Å². The molecule has 0 saturated carbocycles. The number of nitrogens with one attached hydrogen (secondary N) is 1. The van der Waals surface area contributed by atoms with Gasteiger partial charge >= 0.3 is 40.0 Å². The summed E-state index contributed by atoms with van der Waals surface area (Å²) in [7, 11) is -13.4.